The third kappa shape index (κ3) is 9.26. The lowest BCUT2D eigenvalue weighted by molar-refractivity contribution is -0.155. The third-order valence-corrected chi connectivity index (χ3v) is 13.7. The van der Waals surface area contributed by atoms with E-state index in [1.807, 2.05) is 19.2 Å². The number of hydrazine groups is 1. The Morgan fingerprint density at radius 2 is 1.85 bits per heavy atom. The van der Waals surface area contributed by atoms with E-state index in [4.69, 9.17) is 19.4 Å². The van der Waals surface area contributed by atoms with Gasteiger partial charge in [-0.15, -0.1) is 0 Å². The van der Waals surface area contributed by atoms with Crippen molar-refractivity contribution in [2.24, 2.45) is 17.3 Å². The van der Waals surface area contributed by atoms with Crippen molar-refractivity contribution in [2.45, 2.75) is 117 Å². The number of benzene rings is 1. The first-order valence-electron chi connectivity index (χ1n) is 22.4. The molecule has 4 aliphatic rings. The van der Waals surface area contributed by atoms with E-state index in [0.717, 1.165) is 65.8 Å². The molecule has 1 aliphatic carbocycles. The molecule has 3 aliphatic heterocycles. The quantitative estimate of drug-likeness (QED) is 0.162. The number of alkyl halides is 2. The highest BCUT2D eigenvalue weighted by Gasteiger charge is 2.37. The van der Waals surface area contributed by atoms with Crippen LogP contribution in [0.5, 0.6) is 0 Å². The highest BCUT2D eigenvalue weighted by Crippen LogP contribution is 2.43. The van der Waals surface area contributed by atoms with Crippen molar-refractivity contribution < 1.29 is 27.8 Å². The smallest absolute Gasteiger partial charge is 0.324 e. The highest BCUT2D eigenvalue weighted by atomic mass is 19.3. The molecule has 1 saturated carbocycles. The highest BCUT2D eigenvalue weighted by molar-refractivity contribution is 5.95. The van der Waals surface area contributed by atoms with Gasteiger partial charge in [-0.25, -0.2) is 14.2 Å². The van der Waals surface area contributed by atoms with Gasteiger partial charge in [-0.2, -0.15) is 0 Å². The number of carbonyl (C=O) groups excluding carboxylic acids is 2. The van der Waals surface area contributed by atoms with Gasteiger partial charge in [0.05, 0.1) is 35.8 Å². The van der Waals surface area contributed by atoms with Crippen molar-refractivity contribution in [1.82, 2.24) is 35.2 Å². The van der Waals surface area contributed by atoms with Crippen molar-refractivity contribution in [2.75, 3.05) is 46.9 Å². The minimum Gasteiger partial charge on any atom is -0.464 e. The number of aromatic nitrogens is 3. The predicted octanol–water partition coefficient (Wildman–Crippen LogP) is 8.02. The molecule has 2 saturated heterocycles. The van der Waals surface area contributed by atoms with E-state index >= 15 is 0 Å². The summed E-state index contributed by atoms with van der Waals surface area (Å²) in [6.45, 7) is 14.5. The third-order valence-electron chi connectivity index (χ3n) is 13.7. The number of methoxy groups -OCH3 is 1. The lowest BCUT2D eigenvalue weighted by atomic mass is 9.83. The summed E-state index contributed by atoms with van der Waals surface area (Å²) >= 11 is 0. The molecule has 0 radical (unpaired) electrons. The van der Waals surface area contributed by atoms with E-state index in [1.165, 1.54) is 22.7 Å². The topological polar surface area (TPSA) is 114 Å². The molecule has 6 bridgehead atoms. The van der Waals surface area contributed by atoms with E-state index in [2.05, 4.69) is 73.2 Å². The number of rotatable bonds is 9. The Bertz CT molecular complexity index is 2250. The lowest BCUT2D eigenvalue weighted by Gasteiger charge is -2.35. The first-order chi connectivity index (χ1) is 29.2. The number of aryl methyl sites for hydroxylation is 1. The van der Waals surface area contributed by atoms with E-state index in [1.54, 1.807) is 7.11 Å². The number of nitrogens with one attached hydrogen (secondary N) is 2. The number of piperidine rings is 1. The number of carbonyl (C=O) groups is 2. The zero-order valence-corrected chi connectivity index (χ0v) is 36.9. The zero-order valence-electron chi connectivity index (χ0n) is 36.9. The van der Waals surface area contributed by atoms with Crippen molar-refractivity contribution in [3.8, 4) is 22.5 Å². The van der Waals surface area contributed by atoms with Crippen LogP contribution in [0.15, 0.2) is 42.6 Å². The maximum Gasteiger partial charge on any atom is 0.324 e. The van der Waals surface area contributed by atoms with Gasteiger partial charge in [0.25, 0.3) is 12.3 Å². The Morgan fingerprint density at radius 3 is 2.56 bits per heavy atom. The molecule has 8 rings (SSSR count). The molecule has 2 N–H and O–H groups in total. The zero-order chi connectivity index (χ0) is 43.2. The molecular formula is C48H63F2N7O4. The number of esters is 1. The Balaban J connectivity index is 1.31. The molecule has 11 nitrogen and oxygen atoms in total. The fourth-order valence-electron chi connectivity index (χ4n) is 9.70. The standard InChI is InChI=1S/C48H63F2N7O4/c1-8-56-42-12-11-31-20-36(42)38(44(56)37-21-34(26-52-43(37)29(3)60-7)30-13-16-55(6)17-14-30)24-48(4,5)27-61-47(59)39-10-9-15-57(54-39)46(58)41(51-25-33-18-28(33)2)23-35-19-32(45(49)50)22-40(31)53-35/h11-12,19-22,26,28-30,33,39,41,45,51,54H,8-10,13-18,23-25,27H2,1-7H3/t28-,29-,33+,39-,41-/m0/s1. The molecular weight excluding hydrogens is 777 g/mol. The molecule has 1 aromatic carbocycles. The molecule has 61 heavy (non-hydrogen) atoms. The summed E-state index contributed by atoms with van der Waals surface area (Å²) in [6.07, 6.45) is 3.96. The van der Waals surface area contributed by atoms with Crippen molar-refractivity contribution >= 4 is 22.8 Å². The summed E-state index contributed by atoms with van der Waals surface area (Å²) in [5.41, 5.74) is 10.2. The maximum atomic E-state index is 14.8. The normalized spacial score (nSPS) is 24.5. The minimum atomic E-state index is -2.73. The molecule has 4 aromatic rings. The number of hydrogen-bond donors (Lipinski definition) is 2. The monoisotopic (exact) mass is 839 g/mol. The number of ether oxygens (including phenoxy) is 2. The Morgan fingerprint density at radius 1 is 1.08 bits per heavy atom. The first kappa shape index (κ1) is 43.4. The van der Waals surface area contributed by atoms with E-state index in [9.17, 15) is 18.4 Å². The molecule has 0 spiro atoms. The van der Waals surface area contributed by atoms with Crippen LogP contribution in [0.4, 0.5) is 8.78 Å². The van der Waals surface area contributed by atoms with Crippen molar-refractivity contribution in [3.63, 3.8) is 0 Å². The summed E-state index contributed by atoms with van der Waals surface area (Å²) in [5, 5.41) is 5.95. The summed E-state index contributed by atoms with van der Waals surface area (Å²) in [6, 6.07) is 9.91. The van der Waals surface area contributed by atoms with Gasteiger partial charge in [-0.3, -0.25) is 24.6 Å². The maximum absolute atomic E-state index is 14.8. The van der Waals surface area contributed by atoms with Crippen LogP contribution in [0.1, 0.15) is 113 Å². The van der Waals surface area contributed by atoms with Crippen LogP contribution in [-0.2, 0) is 38.4 Å². The number of pyridine rings is 2. The average molecular weight is 840 g/mol. The number of hydrogen-bond acceptors (Lipinski definition) is 9. The van der Waals surface area contributed by atoms with Crippen LogP contribution in [0.25, 0.3) is 33.4 Å². The first-order valence-corrected chi connectivity index (χ1v) is 22.4. The van der Waals surface area contributed by atoms with Gasteiger partial charge in [0.1, 0.15) is 6.04 Å². The molecule has 3 fully saturated rings. The molecule has 1 amide bonds. The van der Waals surface area contributed by atoms with Crippen molar-refractivity contribution in [1.29, 1.82) is 0 Å². The van der Waals surface area contributed by atoms with Gasteiger partial charge in [0.2, 0.25) is 0 Å². The second-order valence-electron chi connectivity index (χ2n) is 18.9. The number of fused-ring (bicyclic) bond motifs is 6. The van der Waals surface area contributed by atoms with Gasteiger partial charge in [-0.1, -0.05) is 26.8 Å². The van der Waals surface area contributed by atoms with Crippen LogP contribution < -0.4 is 10.7 Å². The van der Waals surface area contributed by atoms with Gasteiger partial charge >= 0.3 is 5.97 Å². The number of halogens is 2. The summed E-state index contributed by atoms with van der Waals surface area (Å²) in [4.78, 5) is 40.7. The summed E-state index contributed by atoms with van der Waals surface area (Å²) < 4.78 is 44.0. The van der Waals surface area contributed by atoms with Gasteiger partial charge in [-0.05, 0) is 138 Å². The number of nitrogens with zero attached hydrogens (tertiary/aromatic N) is 5. The summed E-state index contributed by atoms with van der Waals surface area (Å²) in [5.74, 6) is 0.737. The molecule has 328 valence electrons. The van der Waals surface area contributed by atoms with Crippen molar-refractivity contribution in [3.05, 3.63) is 70.7 Å². The predicted molar refractivity (Wildman–Crippen MR) is 233 cm³/mol. The van der Waals surface area contributed by atoms with Gasteiger partial charge in [0, 0.05) is 71.5 Å². The molecule has 3 aromatic heterocycles. The minimum absolute atomic E-state index is 0.111. The van der Waals surface area contributed by atoms with Crippen LogP contribution in [0, 0.1) is 17.3 Å². The number of cyclic esters (lactones) is 1. The second kappa shape index (κ2) is 17.8. The fraction of sp³-hybridized carbons (Fsp3) is 0.583. The summed E-state index contributed by atoms with van der Waals surface area (Å²) in [7, 11) is 3.88. The Labute approximate surface area is 358 Å². The van der Waals surface area contributed by atoms with E-state index < -0.39 is 29.9 Å². The lowest BCUT2D eigenvalue weighted by Crippen LogP contribution is -2.60. The second-order valence-corrected chi connectivity index (χ2v) is 18.9. The number of amides is 1. The Hall–Kier alpha value is -4.30. The van der Waals surface area contributed by atoms with Crippen LogP contribution >= 0.6 is 0 Å². The van der Waals surface area contributed by atoms with E-state index in [-0.39, 0.29) is 30.6 Å². The fourth-order valence-corrected chi connectivity index (χ4v) is 9.70. The van der Waals surface area contributed by atoms with Gasteiger partial charge in [0.15, 0.2) is 0 Å². The SMILES string of the molecule is CCn1c(-c2cc(C3CCN(C)CC3)cnc2[C@H](C)OC)c2c3cc(ccc31)-c1cc(C(F)F)cc(n1)C[C@H](NC[C@H]1C[C@@H]1C)C(=O)N1CCC[C@H](N1)C(=O)OCC(C)(C)C2. The molecule has 5 atom stereocenters. The number of likely N-dealkylation sites (tertiary alicyclic amines) is 1. The van der Waals surface area contributed by atoms with Crippen LogP contribution in [-0.4, -0.2) is 95.3 Å². The van der Waals surface area contributed by atoms with E-state index in [0.29, 0.717) is 73.6 Å². The largest absolute Gasteiger partial charge is 0.464 e. The van der Waals surface area contributed by atoms with Crippen LogP contribution in [0.3, 0.4) is 0 Å². The molecule has 6 heterocycles. The van der Waals surface area contributed by atoms with Crippen LogP contribution in [0.2, 0.25) is 0 Å². The van der Waals surface area contributed by atoms with Gasteiger partial charge < -0.3 is 24.3 Å². The molecule has 13 heteroatoms. The molecule has 0 unspecified atom stereocenters. The average Bonchev–Trinajstić information content (AvgIpc) is 3.89. The Kier molecular flexibility index (Phi) is 12.7.